The lowest BCUT2D eigenvalue weighted by Crippen LogP contribution is -2.51. The second-order valence-corrected chi connectivity index (χ2v) is 7.74. The number of nitrogens with zero attached hydrogens (tertiary/aromatic N) is 4. The van der Waals surface area contributed by atoms with Gasteiger partial charge in [-0.2, -0.15) is 0 Å². The molecule has 6 nitrogen and oxygen atoms in total. The molecule has 0 saturated carbocycles. The van der Waals surface area contributed by atoms with E-state index in [0.717, 1.165) is 51.3 Å². The van der Waals surface area contributed by atoms with Gasteiger partial charge in [0.1, 0.15) is 5.75 Å². The van der Waals surface area contributed by atoms with Crippen LogP contribution in [0, 0.1) is 0 Å². The standard InChI is InChI=1S/C22H30N4O2/c1-23-11-3-5-20(23)21-6-4-12-26(21)17-22(27)25-15-13-24(14-16-25)18-7-9-19(28-2)10-8-18/h3,5,7-11,21H,4,6,12-17H2,1-2H3/t21-/m1/s1. The molecule has 2 aliphatic heterocycles. The highest BCUT2D eigenvalue weighted by Gasteiger charge is 2.31. The lowest BCUT2D eigenvalue weighted by Gasteiger charge is -2.37. The number of aromatic nitrogens is 1. The molecule has 0 N–H and O–H groups in total. The molecular weight excluding hydrogens is 352 g/mol. The van der Waals surface area contributed by atoms with E-state index in [1.54, 1.807) is 7.11 Å². The third-order valence-electron chi connectivity index (χ3n) is 6.10. The highest BCUT2D eigenvalue weighted by Crippen LogP contribution is 2.31. The van der Waals surface area contributed by atoms with Crippen molar-refractivity contribution in [2.45, 2.75) is 18.9 Å². The molecule has 0 bridgehead atoms. The summed E-state index contributed by atoms with van der Waals surface area (Å²) in [5, 5.41) is 0. The van der Waals surface area contributed by atoms with Crippen molar-refractivity contribution in [1.82, 2.24) is 14.4 Å². The zero-order valence-corrected chi connectivity index (χ0v) is 16.9. The Bertz CT molecular complexity index is 793. The van der Waals surface area contributed by atoms with Crippen molar-refractivity contribution < 1.29 is 9.53 Å². The van der Waals surface area contributed by atoms with Gasteiger partial charge in [0.25, 0.3) is 0 Å². The molecule has 1 aromatic carbocycles. The molecule has 0 radical (unpaired) electrons. The fourth-order valence-corrected chi connectivity index (χ4v) is 4.45. The van der Waals surface area contributed by atoms with Gasteiger partial charge in [-0.15, -0.1) is 0 Å². The summed E-state index contributed by atoms with van der Waals surface area (Å²) in [7, 11) is 3.77. The van der Waals surface area contributed by atoms with Crippen LogP contribution in [0.4, 0.5) is 5.69 Å². The first-order valence-electron chi connectivity index (χ1n) is 10.2. The molecule has 150 valence electrons. The third-order valence-corrected chi connectivity index (χ3v) is 6.10. The normalized spacial score (nSPS) is 20.6. The predicted molar refractivity (Wildman–Crippen MR) is 111 cm³/mol. The third kappa shape index (κ3) is 3.87. The van der Waals surface area contributed by atoms with Crippen LogP contribution in [0.1, 0.15) is 24.6 Å². The maximum absolute atomic E-state index is 12.9. The zero-order chi connectivity index (χ0) is 19.5. The van der Waals surface area contributed by atoms with Crippen LogP contribution >= 0.6 is 0 Å². The van der Waals surface area contributed by atoms with Crippen molar-refractivity contribution >= 4 is 11.6 Å². The quantitative estimate of drug-likeness (QED) is 0.797. The molecule has 3 heterocycles. The average molecular weight is 383 g/mol. The van der Waals surface area contributed by atoms with E-state index in [1.165, 1.54) is 11.4 Å². The van der Waals surface area contributed by atoms with E-state index in [2.05, 4.69) is 51.9 Å². The van der Waals surface area contributed by atoms with Gasteiger partial charge in [-0.05, 0) is 55.8 Å². The molecule has 2 aromatic rings. The van der Waals surface area contributed by atoms with Crippen molar-refractivity contribution in [3.05, 3.63) is 48.3 Å². The number of ether oxygens (including phenoxy) is 1. The Morgan fingerprint density at radius 2 is 1.82 bits per heavy atom. The highest BCUT2D eigenvalue weighted by atomic mass is 16.5. The van der Waals surface area contributed by atoms with Gasteiger partial charge in [0, 0.05) is 50.8 Å². The number of hydrogen-bond acceptors (Lipinski definition) is 4. The molecule has 4 rings (SSSR count). The number of carbonyl (C=O) groups excluding carboxylic acids is 1. The molecular formula is C22H30N4O2. The van der Waals surface area contributed by atoms with Crippen molar-refractivity contribution in [2.75, 3.05) is 51.3 Å². The summed E-state index contributed by atoms with van der Waals surface area (Å²) in [5.74, 6) is 1.13. The van der Waals surface area contributed by atoms with Crippen molar-refractivity contribution in [2.24, 2.45) is 7.05 Å². The van der Waals surface area contributed by atoms with E-state index >= 15 is 0 Å². The number of aryl methyl sites for hydroxylation is 1. The van der Waals surface area contributed by atoms with E-state index < -0.39 is 0 Å². The number of hydrogen-bond donors (Lipinski definition) is 0. The number of carbonyl (C=O) groups is 1. The summed E-state index contributed by atoms with van der Waals surface area (Å²) in [6.45, 7) is 4.85. The molecule has 1 amide bonds. The Morgan fingerprint density at radius 1 is 1.07 bits per heavy atom. The van der Waals surface area contributed by atoms with Crippen molar-refractivity contribution in [3.63, 3.8) is 0 Å². The molecule has 1 atom stereocenters. The molecule has 0 unspecified atom stereocenters. The monoisotopic (exact) mass is 382 g/mol. The molecule has 0 spiro atoms. The van der Waals surface area contributed by atoms with E-state index in [-0.39, 0.29) is 5.91 Å². The number of benzene rings is 1. The minimum atomic E-state index is 0.260. The van der Waals surface area contributed by atoms with E-state index in [4.69, 9.17) is 4.74 Å². The summed E-state index contributed by atoms with van der Waals surface area (Å²) in [6.07, 6.45) is 4.39. The minimum Gasteiger partial charge on any atom is -0.497 e. The van der Waals surface area contributed by atoms with E-state index in [0.29, 0.717) is 12.6 Å². The van der Waals surface area contributed by atoms with Gasteiger partial charge in [-0.1, -0.05) is 0 Å². The number of anilines is 1. The summed E-state index contributed by atoms with van der Waals surface area (Å²) >= 11 is 0. The van der Waals surface area contributed by atoms with Gasteiger partial charge in [0.15, 0.2) is 0 Å². The first kappa shape index (κ1) is 18.9. The summed E-state index contributed by atoms with van der Waals surface area (Å²) in [4.78, 5) is 19.6. The smallest absolute Gasteiger partial charge is 0.236 e. The van der Waals surface area contributed by atoms with Crippen LogP contribution in [0.5, 0.6) is 5.75 Å². The number of methoxy groups -OCH3 is 1. The Hall–Kier alpha value is -2.47. The Balaban J connectivity index is 1.32. The lowest BCUT2D eigenvalue weighted by molar-refractivity contribution is -0.133. The van der Waals surface area contributed by atoms with Crippen LogP contribution in [-0.2, 0) is 11.8 Å². The SMILES string of the molecule is COc1ccc(N2CCN(C(=O)CN3CCC[C@@H]3c3cccn3C)CC2)cc1. The number of rotatable bonds is 5. The maximum Gasteiger partial charge on any atom is 0.236 e. The van der Waals surface area contributed by atoms with Gasteiger partial charge in [0.05, 0.1) is 19.7 Å². The molecule has 1 aromatic heterocycles. The highest BCUT2D eigenvalue weighted by molar-refractivity contribution is 5.78. The minimum absolute atomic E-state index is 0.260. The number of piperazine rings is 1. The maximum atomic E-state index is 12.9. The first-order chi connectivity index (χ1) is 13.7. The molecule has 2 fully saturated rings. The predicted octanol–water partition coefficient (Wildman–Crippen LogP) is 2.52. The molecule has 2 saturated heterocycles. The fourth-order valence-electron chi connectivity index (χ4n) is 4.45. The van der Waals surface area contributed by atoms with Gasteiger partial charge < -0.3 is 19.1 Å². The van der Waals surface area contributed by atoms with E-state index in [9.17, 15) is 4.79 Å². The summed E-state index contributed by atoms with van der Waals surface area (Å²) in [6, 6.07) is 12.8. The van der Waals surface area contributed by atoms with Gasteiger partial charge in [-0.25, -0.2) is 0 Å². The van der Waals surface area contributed by atoms with Gasteiger partial charge >= 0.3 is 0 Å². The van der Waals surface area contributed by atoms with Crippen LogP contribution in [0.25, 0.3) is 0 Å². The molecule has 2 aliphatic rings. The van der Waals surface area contributed by atoms with Crippen molar-refractivity contribution in [3.8, 4) is 5.75 Å². The molecule has 28 heavy (non-hydrogen) atoms. The number of likely N-dealkylation sites (tertiary alicyclic amines) is 1. The lowest BCUT2D eigenvalue weighted by atomic mass is 10.1. The van der Waals surface area contributed by atoms with Crippen LogP contribution < -0.4 is 9.64 Å². The molecule has 0 aliphatic carbocycles. The van der Waals surface area contributed by atoms with Crippen molar-refractivity contribution in [1.29, 1.82) is 0 Å². The van der Waals surface area contributed by atoms with Crippen LogP contribution in [0.15, 0.2) is 42.6 Å². The molecule has 6 heteroatoms. The first-order valence-corrected chi connectivity index (χ1v) is 10.2. The summed E-state index contributed by atoms with van der Waals surface area (Å²) < 4.78 is 7.42. The van der Waals surface area contributed by atoms with Crippen LogP contribution in [0.3, 0.4) is 0 Å². The second-order valence-electron chi connectivity index (χ2n) is 7.74. The largest absolute Gasteiger partial charge is 0.497 e. The van der Waals surface area contributed by atoms with Gasteiger partial charge in [0.2, 0.25) is 5.91 Å². The Kier molecular flexibility index (Phi) is 5.57. The summed E-state index contributed by atoms with van der Waals surface area (Å²) in [5.41, 5.74) is 2.51. The van der Waals surface area contributed by atoms with Crippen LogP contribution in [-0.4, -0.2) is 66.7 Å². The fraction of sp³-hybridized carbons (Fsp3) is 0.500. The number of amides is 1. The topological polar surface area (TPSA) is 41.0 Å². The zero-order valence-electron chi connectivity index (χ0n) is 16.9. The average Bonchev–Trinajstić information content (AvgIpc) is 3.36. The van der Waals surface area contributed by atoms with Crippen LogP contribution in [0.2, 0.25) is 0 Å². The Morgan fingerprint density at radius 3 is 2.46 bits per heavy atom. The Labute approximate surface area is 167 Å². The van der Waals surface area contributed by atoms with Gasteiger partial charge in [-0.3, -0.25) is 9.69 Å². The van der Waals surface area contributed by atoms with E-state index in [1.807, 2.05) is 17.0 Å². The second kappa shape index (κ2) is 8.27.